The molecule has 0 amide bonds. The number of ether oxygens (including phenoxy) is 1. The largest absolute Gasteiger partial charge is 0.381 e. The van der Waals surface area contributed by atoms with Crippen LogP contribution in [0, 0.1) is 23.2 Å². The Kier molecular flexibility index (Phi) is 6.51. The summed E-state index contributed by atoms with van der Waals surface area (Å²) >= 11 is 0. The van der Waals surface area contributed by atoms with Crippen LogP contribution in [0.1, 0.15) is 47.0 Å². The Labute approximate surface area is 131 Å². The second-order valence-corrected chi connectivity index (χ2v) is 8.32. The maximum absolute atomic E-state index is 5.87. The molecule has 0 bridgehead atoms. The van der Waals surface area contributed by atoms with E-state index in [0.29, 0.717) is 5.41 Å². The van der Waals surface area contributed by atoms with Gasteiger partial charge in [0.15, 0.2) is 0 Å². The van der Waals surface area contributed by atoms with E-state index in [2.05, 4.69) is 37.9 Å². The SMILES string of the molecule is CC(C)CNCC1(CN2CC(C)CC(C)C2)CCCOC1. The zero-order valence-electron chi connectivity index (χ0n) is 14.7. The molecular weight excluding hydrogens is 260 g/mol. The van der Waals surface area contributed by atoms with Gasteiger partial charge < -0.3 is 15.0 Å². The van der Waals surface area contributed by atoms with Gasteiger partial charge in [0, 0.05) is 38.2 Å². The van der Waals surface area contributed by atoms with Crippen LogP contribution < -0.4 is 5.32 Å². The van der Waals surface area contributed by atoms with Crippen molar-refractivity contribution in [3.05, 3.63) is 0 Å². The Hall–Kier alpha value is -0.120. The van der Waals surface area contributed by atoms with Crippen molar-refractivity contribution in [3.63, 3.8) is 0 Å². The fraction of sp³-hybridized carbons (Fsp3) is 1.00. The Morgan fingerprint density at radius 1 is 1.24 bits per heavy atom. The van der Waals surface area contributed by atoms with Crippen LogP contribution in [0.15, 0.2) is 0 Å². The van der Waals surface area contributed by atoms with E-state index < -0.39 is 0 Å². The Morgan fingerprint density at radius 3 is 2.52 bits per heavy atom. The molecule has 3 heteroatoms. The van der Waals surface area contributed by atoms with Crippen molar-refractivity contribution in [3.8, 4) is 0 Å². The molecule has 2 aliphatic rings. The summed E-state index contributed by atoms with van der Waals surface area (Å²) in [7, 11) is 0. The molecule has 2 saturated heterocycles. The summed E-state index contributed by atoms with van der Waals surface area (Å²) < 4.78 is 5.87. The standard InChI is InChI=1S/C18H36N2O/c1-15(2)9-19-12-18(6-5-7-21-14-18)13-20-10-16(3)8-17(4)11-20/h15-17,19H,5-14H2,1-4H3. The van der Waals surface area contributed by atoms with Crippen LogP contribution in [0.5, 0.6) is 0 Å². The van der Waals surface area contributed by atoms with E-state index in [9.17, 15) is 0 Å². The van der Waals surface area contributed by atoms with Crippen molar-refractivity contribution >= 4 is 0 Å². The maximum atomic E-state index is 5.87. The summed E-state index contributed by atoms with van der Waals surface area (Å²) in [5.41, 5.74) is 0.337. The predicted molar refractivity (Wildman–Crippen MR) is 89.6 cm³/mol. The lowest BCUT2D eigenvalue weighted by Crippen LogP contribution is -2.52. The van der Waals surface area contributed by atoms with Crippen LogP contribution in [0.3, 0.4) is 0 Å². The van der Waals surface area contributed by atoms with Gasteiger partial charge in [0.05, 0.1) is 6.61 Å². The third-order valence-electron chi connectivity index (χ3n) is 4.96. The quantitative estimate of drug-likeness (QED) is 0.815. The molecule has 2 fully saturated rings. The van der Waals surface area contributed by atoms with Crippen LogP contribution >= 0.6 is 0 Å². The number of nitrogens with zero attached hydrogens (tertiary/aromatic N) is 1. The highest BCUT2D eigenvalue weighted by atomic mass is 16.5. The molecule has 124 valence electrons. The number of hydrogen-bond acceptors (Lipinski definition) is 3. The van der Waals surface area contributed by atoms with Gasteiger partial charge in [0.1, 0.15) is 0 Å². The van der Waals surface area contributed by atoms with Gasteiger partial charge in [-0.05, 0) is 43.6 Å². The molecule has 0 radical (unpaired) electrons. The molecule has 0 aliphatic carbocycles. The molecular formula is C18H36N2O. The molecule has 3 nitrogen and oxygen atoms in total. The van der Waals surface area contributed by atoms with Gasteiger partial charge in [0.25, 0.3) is 0 Å². The minimum atomic E-state index is 0.337. The van der Waals surface area contributed by atoms with Crippen LogP contribution in [0.25, 0.3) is 0 Å². The summed E-state index contributed by atoms with van der Waals surface area (Å²) in [5.74, 6) is 2.42. The van der Waals surface area contributed by atoms with Crippen LogP contribution in [0.2, 0.25) is 0 Å². The predicted octanol–water partition coefficient (Wildman–Crippen LogP) is 3.01. The highest BCUT2D eigenvalue weighted by molar-refractivity contribution is 4.89. The first-order chi connectivity index (χ1) is 9.99. The first-order valence-corrected chi connectivity index (χ1v) is 9.00. The van der Waals surface area contributed by atoms with Crippen LogP contribution in [0.4, 0.5) is 0 Å². The average Bonchev–Trinajstić information content (AvgIpc) is 2.37. The minimum Gasteiger partial charge on any atom is -0.381 e. The minimum absolute atomic E-state index is 0.337. The fourth-order valence-electron chi connectivity index (χ4n) is 4.25. The van der Waals surface area contributed by atoms with Crippen molar-refractivity contribution < 1.29 is 4.74 Å². The highest BCUT2D eigenvalue weighted by Crippen LogP contribution is 2.31. The van der Waals surface area contributed by atoms with Crippen molar-refractivity contribution in [2.75, 3.05) is 45.9 Å². The third kappa shape index (κ3) is 5.54. The third-order valence-corrected chi connectivity index (χ3v) is 4.96. The van der Waals surface area contributed by atoms with Crippen LogP contribution in [-0.2, 0) is 4.74 Å². The molecule has 0 aromatic carbocycles. The summed E-state index contributed by atoms with van der Waals surface area (Å²) in [6.45, 7) is 17.3. The molecule has 0 aromatic rings. The van der Waals surface area contributed by atoms with Crippen LogP contribution in [-0.4, -0.2) is 50.8 Å². The second-order valence-electron chi connectivity index (χ2n) is 8.32. The van der Waals surface area contributed by atoms with E-state index in [0.717, 1.165) is 44.1 Å². The number of likely N-dealkylation sites (tertiary alicyclic amines) is 1. The molecule has 0 saturated carbocycles. The maximum Gasteiger partial charge on any atom is 0.0546 e. The zero-order chi connectivity index (χ0) is 15.3. The molecule has 21 heavy (non-hydrogen) atoms. The number of hydrogen-bond donors (Lipinski definition) is 1. The normalized spacial score (nSPS) is 35.3. The summed E-state index contributed by atoms with van der Waals surface area (Å²) in [6, 6.07) is 0. The first-order valence-electron chi connectivity index (χ1n) is 9.00. The number of nitrogens with one attached hydrogen (secondary N) is 1. The summed E-state index contributed by atoms with van der Waals surface area (Å²) in [6.07, 6.45) is 3.94. The molecule has 2 aliphatic heterocycles. The second kappa shape index (κ2) is 7.94. The van der Waals surface area contributed by atoms with Gasteiger partial charge in [-0.25, -0.2) is 0 Å². The summed E-state index contributed by atoms with van der Waals surface area (Å²) in [4.78, 5) is 2.71. The van der Waals surface area contributed by atoms with Gasteiger partial charge in [0.2, 0.25) is 0 Å². The Balaban J connectivity index is 1.91. The van der Waals surface area contributed by atoms with Gasteiger partial charge in [-0.3, -0.25) is 0 Å². The van der Waals surface area contributed by atoms with Gasteiger partial charge in [-0.15, -0.1) is 0 Å². The van der Waals surface area contributed by atoms with Crippen molar-refractivity contribution in [2.45, 2.75) is 47.0 Å². The zero-order valence-corrected chi connectivity index (χ0v) is 14.7. The Bertz CT molecular complexity index is 290. The van der Waals surface area contributed by atoms with E-state index >= 15 is 0 Å². The topological polar surface area (TPSA) is 24.5 Å². The number of rotatable bonds is 6. The van der Waals surface area contributed by atoms with Crippen molar-refractivity contribution in [1.29, 1.82) is 0 Å². The lowest BCUT2D eigenvalue weighted by molar-refractivity contribution is -0.0353. The molecule has 0 aromatic heterocycles. The van der Waals surface area contributed by atoms with Crippen molar-refractivity contribution in [2.24, 2.45) is 23.2 Å². The molecule has 3 atom stereocenters. The number of piperidine rings is 1. The fourth-order valence-corrected chi connectivity index (χ4v) is 4.25. The molecule has 2 rings (SSSR count). The van der Waals surface area contributed by atoms with E-state index in [1.165, 1.54) is 38.9 Å². The van der Waals surface area contributed by atoms with Gasteiger partial charge in [-0.2, -0.15) is 0 Å². The van der Waals surface area contributed by atoms with E-state index in [-0.39, 0.29) is 0 Å². The molecule has 1 N–H and O–H groups in total. The monoisotopic (exact) mass is 296 g/mol. The lowest BCUT2D eigenvalue weighted by atomic mass is 9.80. The first kappa shape index (κ1) is 17.2. The van der Waals surface area contributed by atoms with Crippen molar-refractivity contribution in [1.82, 2.24) is 10.2 Å². The average molecular weight is 296 g/mol. The smallest absolute Gasteiger partial charge is 0.0546 e. The molecule has 3 unspecified atom stereocenters. The van der Waals surface area contributed by atoms with E-state index in [1.807, 2.05) is 0 Å². The lowest BCUT2D eigenvalue weighted by Gasteiger charge is -2.44. The van der Waals surface area contributed by atoms with Gasteiger partial charge in [-0.1, -0.05) is 27.7 Å². The Morgan fingerprint density at radius 2 is 1.95 bits per heavy atom. The molecule has 2 heterocycles. The molecule has 0 spiro atoms. The van der Waals surface area contributed by atoms with E-state index in [1.54, 1.807) is 0 Å². The summed E-state index contributed by atoms with van der Waals surface area (Å²) in [5, 5.41) is 3.70. The van der Waals surface area contributed by atoms with Gasteiger partial charge >= 0.3 is 0 Å². The van der Waals surface area contributed by atoms with E-state index in [4.69, 9.17) is 4.74 Å². The highest BCUT2D eigenvalue weighted by Gasteiger charge is 2.36.